The molecule has 0 bridgehead atoms. The van der Waals surface area contributed by atoms with Crippen LogP contribution in [-0.4, -0.2) is 25.5 Å². The van der Waals surface area contributed by atoms with Gasteiger partial charge in [0.2, 0.25) is 0 Å². The third-order valence-electron chi connectivity index (χ3n) is 4.60. The lowest BCUT2D eigenvalue weighted by Crippen LogP contribution is -2.19. The van der Waals surface area contributed by atoms with Gasteiger partial charge in [-0.15, -0.1) is 0 Å². The number of hydrogen-bond acceptors (Lipinski definition) is 1. The molecule has 114 valence electrons. The average Bonchev–Trinajstić information content (AvgIpc) is 2.51. The molecular weight excluding hydrogens is 266 g/mol. The molecule has 2 aromatic carbocycles. The van der Waals surface area contributed by atoms with Gasteiger partial charge in [0.1, 0.15) is 0 Å². The molecule has 0 saturated heterocycles. The monoisotopic (exact) mass is 291 g/mol. The lowest BCUT2D eigenvalue weighted by atomic mass is 9.82. The third-order valence-corrected chi connectivity index (χ3v) is 4.60. The van der Waals surface area contributed by atoms with Gasteiger partial charge in [-0.1, -0.05) is 54.1 Å². The van der Waals surface area contributed by atoms with E-state index in [1.54, 1.807) is 11.1 Å². The van der Waals surface area contributed by atoms with Crippen LogP contribution in [0.15, 0.2) is 54.1 Å². The molecular formula is C21H25N. The van der Waals surface area contributed by atoms with Crippen LogP contribution in [0.25, 0.3) is 5.57 Å². The molecule has 2 aromatic rings. The van der Waals surface area contributed by atoms with Gasteiger partial charge in [-0.3, -0.25) is 0 Å². The Kier molecular flexibility index (Phi) is 4.44. The van der Waals surface area contributed by atoms with Crippen molar-refractivity contribution in [2.45, 2.75) is 26.2 Å². The molecule has 1 nitrogen and oxygen atoms in total. The van der Waals surface area contributed by atoms with Crippen molar-refractivity contribution in [2.75, 3.05) is 20.6 Å². The van der Waals surface area contributed by atoms with Gasteiger partial charge in [0.15, 0.2) is 0 Å². The fourth-order valence-electron chi connectivity index (χ4n) is 3.43. The Bertz CT molecular complexity index is 695. The van der Waals surface area contributed by atoms with E-state index in [9.17, 15) is 0 Å². The van der Waals surface area contributed by atoms with E-state index in [0.29, 0.717) is 0 Å². The van der Waals surface area contributed by atoms with Gasteiger partial charge in [0.05, 0.1) is 0 Å². The summed E-state index contributed by atoms with van der Waals surface area (Å²) in [5, 5.41) is 0. The summed E-state index contributed by atoms with van der Waals surface area (Å²) in [6.45, 7) is 3.28. The molecule has 0 amide bonds. The number of hydrogen-bond donors (Lipinski definition) is 0. The lowest BCUT2D eigenvalue weighted by Gasteiger charge is -2.26. The summed E-state index contributed by atoms with van der Waals surface area (Å²) in [7, 11) is 4.33. The largest absolute Gasteiger partial charge is 0.305 e. The summed E-state index contributed by atoms with van der Waals surface area (Å²) in [6.07, 6.45) is 3.42. The number of allylic oxidation sites excluding steroid dienone is 1. The van der Waals surface area contributed by atoms with E-state index in [2.05, 4.69) is 74.4 Å². The van der Waals surface area contributed by atoms with Gasteiger partial charge in [-0.05, 0) is 68.1 Å². The van der Waals surface area contributed by atoms with Crippen molar-refractivity contribution in [3.8, 4) is 0 Å². The maximum absolute atomic E-state index is 2.30. The Balaban J connectivity index is 2.04. The first kappa shape index (κ1) is 15.1. The van der Waals surface area contributed by atoms with E-state index in [0.717, 1.165) is 13.0 Å². The molecule has 0 radical (unpaired) electrons. The number of rotatable bonds is 4. The molecule has 0 aromatic heterocycles. The van der Waals surface area contributed by atoms with Crippen LogP contribution in [0.3, 0.4) is 0 Å². The van der Waals surface area contributed by atoms with E-state index in [1.165, 1.54) is 35.1 Å². The zero-order valence-corrected chi connectivity index (χ0v) is 13.9. The summed E-state index contributed by atoms with van der Waals surface area (Å²) in [5.41, 5.74) is 8.96. The predicted octanol–water partition coefficient (Wildman–Crippen LogP) is 4.50. The highest BCUT2D eigenvalue weighted by molar-refractivity contribution is 5.75. The number of benzene rings is 2. The van der Waals surface area contributed by atoms with Crippen LogP contribution >= 0.6 is 0 Å². The zero-order chi connectivity index (χ0) is 15.5. The maximum atomic E-state index is 2.30. The minimum Gasteiger partial charge on any atom is -0.305 e. The van der Waals surface area contributed by atoms with Gasteiger partial charge >= 0.3 is 0 Å². The van der Waals surface area contributed by atoms with Crippen LogP contribution in [0.4, 0.5) is 0 Å². The van der Waals surface area contributed by atoms with Crippen LogP contribution in [0, 0.1) is 6.92 Å². The maximum Gasteiger partial charge on any atom is 0.0193 e. The molecule has 0 saturated carbocycles. The molecule has 1 aliphatic rings. The summed E-state index contributed by atoms with van der Waals surface area (Å²) >= 11 is 0. The van der Waals surface area contributed by atoms with Crippen molar-refractivity contribution in [2.24, 2.45) is 0 Å². The van der Waals surface area contributed by atoms with Crippen LogP contribution < -0.4 is 0 Å². The Morgan fingerprint density at radius 1 is 0.909 bits per heavy atom. The second-order valence-electron chi connectivity index (χ2n) is 6.58. The number of nitrogens with zero attached hydrogens (tertiary/aromatic N) is 1. The Morgan fingerprint density at radius 2 is 1.64 bits per heavy atom. The molecule has 0 spiro atoms. The highest BCUT2D eigenvalue weighted by atomic mass is 15.0. The summed E-state index contributed by atoms with van der Waals surface area (Å²) in [6, 6.07) is 17.7. The van der Waals surface area contributed by atoms with Crippen molar-refractivity contribution in [1.82, 2.24) is 4.90 Å². The number of fused-ring (bicyclic) bond motifs is 1. The summed E-state index contributed by atoms with van der Waals surface area (Å²) in [4.78, 5) is 2.29. The van der Waals surface area contributed by atoms with Crippen LogP contribution in [0.5, 0.6) is 0 Å². The fourth-order valence-corrected chi connectivity index (χ4v) is 3.43. The molecule has 1 aliphatic carbocycles. The molecule has 0 unspecified atom stereocenters. The van der Waals surface area contributed by atoms with Crippen molar-refractivity contribution < 1.29 is 0 Å². The summed E-state index contributed by atoms with van der Waals surface area (Å²) < 4.78 is 0. The van der Waals surface area contributed by atoms with Gasteiger partial charge in [0, 0.05) is 6.54 Å². The highest BCUT2D eigenvalue weighted by Crippen LogP contribution is 2.34. The number of likely N-dealkylation sites (N-methyl/N-ethyl adjacent to an activating group) is 1. The van der Waals surface area contributed by atoms with Gasteiger partial charge in [-0.25, -0.2) is 0 Å². The average molecular weight is 291 g/mol. The molecule has 0 fully saturated rings. The smallest absolute Gasteiger partial charge is 0.0193 e. The van der Waals surface area contributed by atoms with Gasteiger partial charge in [-0.2, -0.15) is 0 Å². The van der Waals surface area contributed by atoms with Crippen molar-refractivity contribution >= 4 is 5.57 Å². The second-order valence-corrected chi connectivity index (χ2v) is 6.58. The van der Waals surface area contributed by atoms with Gasteiger partial charge in [0.25, 0.3) is 0 Å². The fraction of sp³-hybridized carbons (Fsp3) is 0.333. The molecule has 0 heterocycles. The molecule has 0 N–H and O–H groups in total. The van der Waals surface area contributed by atoms with E-state index in [4.69, 9.17) is 0 Å². The first-order valence-corrected chi connectivity index (χ1v) is 8.13. The van der Waals surface area contributed by atoms with Crippen LogP contribution in [0.2, 0.25) is 0 Å². The molecule has 0 atom stereocenters. The van der Waals surface area contributed by atoms with Crippen LogP contribution in [-0.2, 0) is 12.8 Å². The SMILES string of the molecule is Cc1ccccc1CC1=C(CN(C)C)CCc2ccccc21. The standard InChI is InChI=1S/C21H25N/c1-16-8-4-5-10-18(16)14-21-19(15-22(2)3)13-12-17-9-6-7-11-20(17)21/h4-11H,12-15H2,1-3H3. The van der Waals surface area contributed by atoms with E-state index in [-0.39, 0.29) is 0 Å². The van der Waals surface area contributed by atoms with Crippen LogP contribution in [0.1, 0.15) is 28.7 Å². The normalized spacial score (nSPS) is 14.4. The summed E-state index contributed by atoms with van der Waals surface area (Å²) in [5.74, 6) is 0. The Hall–Kier alpha value is -1.86. The molecule has 0 aliphatic heterocycles. The molecule has 3 rings (SSSR count). The van der Waals surface area contributed by atoms with Gasteiger partial charge < -0.3 is 4.90 Å². The third kappa shape index (κ3) is 3.15. The first-order valence-electron chi connectivity index (χ1n) is 8.13. The topological polar surface area (TPSA) is 3.24 Å². The quantitative estimate of drug-likeness (QED) is 0.801. The minimum atomic E-state index is 1.05. The van der Waals surface area contributed by atoms with E-state index in [1.807, 2.05) is 0 Å². The van der Waals surface area contributed by atoms with E-state index >= 15 is 0 Å². The molecule has 1 heteroatoms. The van der Waals surface area contributed by atoms with Crippen molar-refractivity contribution in [3.63, 3.8) is 0 Å². The van der Waals surface area contributed by atoms with Crippen molar-refractivity contribution in [3.05, 3.63) is 76.4 Å². The second kappa shape index (κ2) is 6.50. The lowest BCUT2D eigenvalue weighted by molar-refractivity contribution is 0.438. The zero-order valence-electron chi connectivity index (χ0n) is 13.9. The van der Waals surface area contributed by atoms with E-state index < -0.39 is 0 Å². The first-order chi connectivity index (χ1) is 10.6. The highest BCUT2D eigenvalue weighted by Gasteiger charge is 2.19. The minimum absolute atomic E-state index is 1.05. The Labute approximate surface area is 134 Å². The predicted molar refractivity (Wildman–Crippen MR) is 95.1 cm³/mol. The van der Waals surface area contributed by atoms with Crippen molar-refractivity contribution in [1.29, 1.82) is 0 Å². The molecule has 22 heavy (non-hydrogen) atoms. The Morgan fingerprint density at radius 3 is 2.41 bits per heavy atom. The number of aryl methyl sites for hydroxylation is 2.